The average molecular weight is 267 g/mol. The molecule has 1 heterocycles. The normalized spacial score (nSPS) is 10.5. The number of hydrogen-bond donors (Lipinski definition) is 2. The van der Waals surface area contributed by atoms with Crippen molar-refractivity contribution < 1.29 is 23.1 Å². The maximum absolute atomic E-state index is 13.3. The Kier molecular flexibility index (Phi) is 3.50. The van der Waals surface area contributed by atoms with E-state index >= 15 is 0 Å². The van der Waals surface area contributed by atoms with Crippen LogP contribution < -0.4 is 5.32 Å². The number of carboxylic acids is 1. The molecular weight excluding hydrogens is 256 g/mol. The van der Waals surface area contributed by atoms with Gasteiger partial charge in [0.05, 0.1) is 6.54 Å². The summed E-state index contributed by atoms with van der Waals surface area (Å²) in [6.07, 6.45) is 0. The summed E-state index contributed by atoms with van der Waals surface area (Å²) < 4.78 is 31.9. The fourth-order valence-corrected chi connectivity index (χ4v) is 1.69. The molecule has 0 amide bonds. The van der Waals surface area contributed by atoms with Crippen molar-refractivity contribution in [2.75, 3.05) is 5.32 Å². The van der Waals surface area contributed by atoms with E-state index in [9.17, 15) is 13.6 Å². The Hall–Kier alpha value is -2.37. The first-order chi connectivity index (χ1) is 8.99. The summed E-state index contributed by atoms with van der Waals surface area (Å²) >= 11 is 0. The minimum Gasteiger partial charge on any atom is -0.478 e. The van der Waals surface area contributed by atoms with Crippen molar-refractivity contribution in [2.45, 2.75) is 13.5 Å². The van der Waals surface area contributed by atoms with Crippen LogP contribution in [0, 0.1) is 18.6 Å². The molecule has 4 nitrogen and oxygen atoms in total. The lowest BCUT2D eigenvalue weighted by atomic mass is 10.2. The largest absolute Gasteiger partial charge is 0.478 e. The highest BCUT2D eigenvalue weighted by Crippen LogP contribution is 2.20. The minimum absolute atomic E-state index is 0.00796. The highest BCUT2D eigenvalue weighted by molar-refractivity contribution is 5.88. The summed E-state index contributed by atoms with van der Waals surface area (Å²) in [5, 5.41) is 11.4. The number of halogens is 2. The van der Waals surface area contributed by atoms with Crippen LogP contribution in [0.5, 0.6) is 0 Å². The monoisotopic (exact) mass is 267 g/mol. The van der Waals surface area contributed by atoms with Crippen LogP contribution in [-0.2, 0) is 6.54 Å². The Bertz CT molecular complexity index is 602. The van der Waals surface area contributed by atoms with Crippen molar-refractivity contribution in [1.82, 2.24) is 0 Å². The summed E-state index contributed by atoms with van der Waals surface area (Å²) in [6, 6.07) is 4.84. The third-order valence-corrected chi connectivity index (χ3v) is 2.60. The number of rotatable bonds is 4. The van der Waals surface area contributed by atoms with Gasteiger partial charge in [-0.2, -0.15) is 0 Å². The molecule has 0 aliphatic carbocycles. The van der Waals surface area contributed by atoms with E-state index in [4.69, 9.17) is 9.52 Å². The topological polar surface area (TPSA) is 62.5 Å². The molecule has 0 bridgehead atoms. The Labute approximate surface area is 107 Å². The second-order valence-electron chi connectivity index (χ2n) is 3.94. The van der Waals surface area contributed by atoms with Gasteiger partial charge in [-0.15, -0.1) is 0 Å². The van der Waals surface area contributed by atoms with Crippen LogP contribution in [0.25, 0.3) is 0 Å². The van der Waals surface area contributed by atoms with Crippen LogP contribution in [0.3, 0.4) is 0 Å². The van der Waals surface area contributed by atoms with Crippen LogP contribution in [-0.4, -0.2) is 11.1 Å². The van der Waals surface area contributed by atoms with Crippen molar-refractivity contribution in [1.29, 1.82) is 0 Å². The lowest BCUT2D eigenvalue weighted by Crippen LogP contribution is -2.03. The molecule has 0 atom stereocenters. The van der Waals surface area contributed by atoms with E-state index < -0.39 is 17.6 Å². The summed E-state index contributed by atoms with van der Waals surface area (Å²) in [5.74, 6) is -2.01. The first-order valence-electron chi connectivity index (χ1n) is 5.49. The summed E-state index contributed by atoms with van der Waals surface area (Å²) in [6.45, 7) is 1.50. The van der Waals surface area contributed by atoms with Gasteiger partial charge in [0.25, 0.3) is 0 Å². The third kappa shape index (κ3) is 2.73. The second kappa shape index (κ2) is 5.09. The molecule has 0 saturated heterocycles. The predicted molar refractivity (Wildman–Crippen MR) is 64.1 cm³/mol. The van der Waals surface area contributed by atoms with Gasteiger partial charge in [0, 0.05) is 0 Å². The minimum atomic E-state index is -1.11. The Balaban J connectivity index is 2.15. The predicted octanol–water partition coefficient (Wildman–Crippen LogP) is 3.18. The zero-order valence-corrected chi connectivity index (χ0v) is 10.0. The number of carboxylic acid groups (broad SMARTS) is 1. The molecule has 0 saturated carbocycles. The molecule has 1 aromatic heterocycles. The molecule has 0 fully saturated rings. The molecule has 0 radical (unpaired) electrons. The number of aryl methyl sites for hydroxylation is 1. The number of hydrogen-bond acceptors (Lipinski definition) is 3. The van der Waals surface area contributed by atoms with E-state index in [0.29, 0.717) is 0 Å². The number of para-hydroxylation sites is 1. The van der Waals surface area contributed by atoms with Crippen molar-refractivity contribution in [3.63, 3.8) is 0 Å². The number of aromatic carboxylic acids is 1. The van der Waals surface area contributed by atoms with Gasteiger partial charge < -0.3 is 14.8 Å². The fraction of sp³-hybridized carbons (Fsp3) is 0.154. The van der Waals surface area contributed by atoms with E-state index in [1.807, 2.05) is 0 Å². The van der Waals surface area contributed by atoms with Gasteiger partial charge in [-0.1, -0.05) is 6.07 Å². The molecule has 100 valence electrons. The SMILES string of the molecule is Cc1oc(CNc2c(F)cccc2F)cc1C(=O)O. The number of furan rings is 1. The summed E-state index contributed by atoms with van der Waals surface area (Å²) in [4.78, 5) is 10.8. The van der Waals surface area contributed by atoms with Crippen molar-refractivity contribution >= 4 is 11.7 Å². The smallest absolute Gasteiger partial charge is 0.339 e. The van der Waals surface area contributed by atoms with Crippen molar-refractivity contribution in [3.05, 3.63) is 53.0 Å². The zero-order valence-electron chi connectivity index (χ0n) is 10.0. The highest BCUT2D eigenvalue weighted by atomic mass is 19.1. The van der Waals surface area contributed by atoms with Gasteiger partial charge in [-0.05, 0) is 25.1 Å². The maximum atomic E-state index is 13.3. The molecule has 1 aromatic carbocycles. The number of anilines is 1. The van der Waals surface area contributed by atoms with E-state index in [-0.39, 0.29) is 29.3 Å². The van der Waals surface area contributed by atoms with E-state index in [2.05, 4.69) is 5.32 Å². The highest BCUT2D eigenvalue weighted by Gasteiger charge is 2.14. The zero-order chi connectivity index (χ0) is 14.0. The first-order valence-corrected chi connectivity index (χ1v) is 5.49. The lowest BCUT2D eigenvalue weighted by molar-refractivity contribution is 0.0695. The average Bonchev–Trinajstić information content (AvgIpc) is 2.70. The Morgan fingerprint density at radius 2 is 2.00 bits per heavy atom. The van der Waals surface area contributed by atoms with Gasteiger partial charge in [0.15, 0.2) is 0 Å². The molecule has 6 heteroatoms. The fourth-order valence-electron chi connectivity index (χ4n) is 1.69. The Morgan fingerprint density at radius 3 is 2.53 bits per heavy atom. The molecule has 2 rings (SSSR count). The number of carbonyl (C=O) groups is 1. The number of nitrogens with one attached hydrogen (secondary N) is 1. The van der Waals surface area contributed by atoms with Crippen LogP contribution in [0.4, 0.5) is 14.5 Å². The second-order valence-corrected chi connectivity index (χ2v) is 3.94. The van der Waals surface area contributed by atoms with Crippen molar-refractivity contribution in [2.24, 2.45) is 0 Å². The summed E-state index contributed by atoms with van der Waals surface area (Å²) in [7, 11) is 0. The molecule has 0 unspecified atom stereocenters. The molecular formula is C13H11F2NO3. The first kappa shape index (κ1) is 13.1. The van der Waals surface area contributed by atoms with Crippen LogP contribution in [0.1, 0.15) is 21.9 Å². The summed E-state index contributed by atoms with van der Waals surface area (Å²) in [5.41, 5.74) is -0.237. The maximum Gasteiger partial charge on any atom is 0.339 e. The molecule has 2 aromatic rings. The van der Waals surface area contributed by atoms with Crippen LogP contribution in [0.2, 0.25) is 0 Å². The van der Waals surface area contributed by atoms with Gasteiger partial charge in [0.2, 0.25) is 0 Å². The molecule has 2 N–H and O–H groups in total. The standard InChI is InChI=1S/C13H11F2NO3/c1-7-9(13(17)18)5-8(19-7)6-16-12-10(14)3-2-4-11(12)15/h2-5,16H,6H2,1H3,(H,17,18). The third-order valence-electron chi connectivity index (χ3n) is 2.60. The van der Waals surface area contributed by atoms with E-state index in [1.54, 1.807) is 0 Å². The van der Waals surface area contributed by atoms with E-state index in [1.165, 1.54) is 19.1 Å². The van der Waals surface area contributed by atoms with Gasteiger partial charge >= 0.3 is 5.97 Å². The molecule has 0 aliphatic heterocycles. The lowest BCUT2D eigenvalue weighted by Gasteiger charge is -2.06. The van der Waals surface area contributed by atoms with Crippen LogP contribution in [0.15, 0.2) is 28.7 Å². The molecule has 19 heavy (non-hydrogen) atoms. The Morgan fingerprint density at radius 1 is 1.37 bits per heavy atom. The van der Waals surface area contributed by atoms with Gasteiger partial charge in [-0.3, -0.25) is 0 Å². The van der Waals surface area contributed by atoms with Crippen molar-refractivity contribution in [3.8, 4) is 0 Å². The van der Waals surface area contributed by atoms with Crippen LogP contribution >= 0.6 is 0 Å². The van der Waals surface area contributed by atoms with Gasteiger partial charge in [-0.25, -0.2) is 13.6 Å². The van der Waals surface area contributed by atoms with Gasteiger partial charge in [0.1, 0.15) is 34.4 Å². The molecule has 0 aliphatic rings. The molecule has 0 spiro atoms. The quantitative estimate of drug-likeness (QED) is 0.893. The number of benzene rings is 1. The van der Waals surface area contributed by atoms with E-state index in [0.717, 1.165) is 12.1 Å².